The van der Waals surface area contributed by atoms with Crippen LogP contribution in [0.2, 0.25) is 0 Å². The van der Waals surface area contributed by atoms with Crippen LogP contribution < -0.4 is 4.72 Å². The summed E-state index contributed by atoms with van der Waals surface area (Å²) in [6.45, 7) is 0.0256. The van der Waals surface area contributed by atoms with Gasteiger partial charge in [-0.3, -0.25) is 0 Å². The van der Waals surface area contributed by atoms with Crippen molar-refractivity contribution < 1.29 is 27.1 Å². The maximum absolute atomic E-state index is 13.3. The number of hydrogen-bond acceptors (Lipinski definition) is 4. The summed E-state index contributed by atoms with van der Waals surface area (Å²) in [5.41, 5.74) is -0.142. The Hall–Kier alpha value is -2.17. The predicted octanol–water partition coefficient (Wildman–Crippen LogP) is 4.00. The van der Waals surface area contributed by atoms with Gasteiger partial charge < -0.3 is 10.0 Å². The monoisotopic (exact) mass is 389 g/mol. The Labute approximate surface area is 149 Å². The minimum Gasteiger partial charge on any atom is -0.360 e. The van der Waals surface area contributed by atoms with Gasteiger partial charge in [0.05, 0.1) is 11.3 Å². The van der Waals surface area contributed by atoms with Gasteiger partial charge in [0.15, 0.2) is 23.2 Å². The number of alkyl halides is 3. The molecule has 0 amide bonds. The molecule has 0 radical (unpaired) electrons. The molecule has 10 heteroatoms. The van der Waals surface area contributed by atoms with Gasteiger partial charge in [0.2, 0.25) is 0 Å². The Morgan fingerprint density at radius 2 is 1.77 bits per heavy atom. The van der Waals surface area contributed by atoms with Gasteiger partial charge in [-0.15, -0.1) is 0 Å². The number of halogens is 5. The van der Waals surface area contributed by atoms with Crippen LogP contribution in [0.3, 0.4) is 0 Å². The molecule has 0 bridgehead atoms. The summed E-state index contributed by atoms with van der Waals surface area (Å²) < 4.78 is 66.8. The SMILES string of the molecule is OC1NSC(=Nc2ccc(C(F)(F)F)cc2)N1Cc1ccc(F)c(F)c1. The molecule has 1 aliphatic rings. The Morgan fingerprint density at radius 1 is 1.08 bits per heavy atom. The van der Waals surface area contributed by atoms with Crippen LogP contribution in [0.15, 0.2) is 47.5 Å². The third kappa shape index (κ3) is 4.14. The number of nitrogens with one attached hydrogen (secondary N) is 1. The summed E-state index contributed by atoms with van der Waals surface area (Å²) in [6, 6.07) is 7.56. The van der Waals surface area contributed by atoms with E-state index in [-0.39, 0.29) is 17.4 Å². The highest BCUT2D eigenvalue weighted by Crippen LogP contribution is 2.31. The highest BCUT2D eigenvalue weighted by atomic mass is 32.2. The lowest BCUT2D eigenvalue weighted by atomic mass is 10.2. The molecule has 4 nitrogen and oxygen atoms in total. The number of rotatable bonds is 3. The van der Waals surface area contributed by atoms with Crippen LogP contribution in [0.25, 0.3) is 0 Å². The molecule has 0 aliphatic carbocycles. The molecule has 1 unspecified atom stereocenters. The van der Waals surface area contributed by atoms with Crippen molar-refractivity contribution in [2.24, 2.45) is 4.99 Å². The molecule has 1 atom stereocenters. The molecule has 0 aromatic heterocycles. The summed E-state index contributed by atoms with van der Waals surface area (Å²) in [4.78, 5) is 5.57. The Bertz CT molecular complexity index is 826. The minimum atomic E-state index is -4.44. The zero-order chi connectivity index (χ0) is 18.9. The molecule has 26 heavy (non-hydrogen) atoms. The second-order valence-electron chi connectivity index (χ2n) is 5.41. The Kier molecular flexibility index (Phi) is 5.17. The van der Waals surface area contributed by atoms with Crippen molar-refractivity contribution in [3.05, 3.63) is 65.2 Å². The summed E-state index contributed by atoms with van der Waals surface area (Å²) in [5, 5.41) is 10.2. The lowest BCUT2D eigenvalue weighted by Crippen LogP contribution is -2.36. The molecule has 0 spiro atoms. The van der Waals surface area contributed by atoms with Gasteiger partial charge in [0, 0.05) is 6.54 Å². The molecule has 1 heterocycles. The Morgan fingerprint density at radius 3 is 2.38 bits per heavy atom. The second kappa shape index (κ2) is 7.22. The number of aliphatic hydroxyl groups excluding tert-OH is 1. The van der Waals surface area contributed by atoms with Crippen molar-refractivity contribution in [2.75, 3.05) is 0 Å². The van der Waals surface area contributed by atoms with Crippen LogP contribution in [-0.4, -0.2) is 21.5 Å². The van der Waals surface area contributed by atoms with Gasteiger partial charge >= 0.3 is 6.18 Å². The lowest BCUT2D eigenvalue weighted by Gasteiger charge is -2.21. The van der Waals surface area contributed by atoms with Crippen molar-refractivity contribution >= 4 is 22.8 Å². The summed E-state index contributed by atoms with van der Waals surface area (Å²) >= 11 is 0.976. The van der Waals surface area contributed by atoms with Gasteiger partial charge in [0.1, 0.15) is 0 Å². The maximum Gasteiger partial charge on any atom is 0.416 e. The molecule has 2 aromatic rings. The first-order valence-corrected chi connectivity index (χ1v) is 8.12. The summed E-state index contributed by atoms with van der Waals surface area (Å²) in [7, 11) is 0. The predicted molar refractivity (Wildman–Crippen MR) is 87.2 cm³/mol. The van der Waals surface area contributed by atoms with Gasteiger partial charge in [-0.25, -0.2) is 18.5 Å². The standard InChI is InChI=1S/C16H12F5N3OS/c17-12-6-1-9(7-13(12)18)8-24-14(25)23-26-15(24)22-11-4-2-10(3-5-11)16(19,20)21/h1-7,14,23,25H,8H2. The number of aliphatic hydroxyl groups is 1. The number of nitrogens with zero attached hydrogens (tertiary/aromatic N) is 2. The first-order valence-electron chi connectivity index (χ1n) is 7.31. The maximum atomic E-state index is 13.3. The van der Waals surface area contributed by atoms with Crippen molar-refractivity contribution in [1.82, 2.24) is 9.62 Å². The van der Waals surface area contributed by atoms with Gasteiger partial charge in [-0.1, -0.05) is 6.07 Å². The zero-order valence-electron chi connectivity index (χ0n) is 13.0. The highest BCUT2D eigenvalue weighted by Gasteiger charge is 2.31. The fraction of sp³-hybridized carbons (Fsp3) is 0.188. The minimum absolute atomic E-state index is 0.0256. The van der Waals surface area contributed by atoms with Crippen LogP contribution in [-0.2, 0) is 12.7 Å². The van der Waals surface area contributed by atoms with E-state index in [1.54, 1.807) is 0 Å². The average Bonchev–Trinajstić information content (AvgIpc) is 2.91. The molecule has 138 valence electrons. The second-order valence-corrected chi connectivity index (χ2v) is 6.21. The van der Waals surface area contributed by atoms with E-state index in [0.29, 0.717) is 5.56 Å². The number of hydrogen-bond donors (Lipinski definition) is 2. The molecule has 2 aromatic carbocycles. The normalized spacial score (nSPS) is 19.4. The summed E-state index contributed by atoms with van der Waals surface area (Å²) in [6.07, 6.45) is -5.58. The molecule has 0 saturated carbocycles. The molecule has 1 fully saturated rings. The molecular weight excluding hydrogens is 377 g/mol. The van der Waals surface area contributed by atoms with E-state index in [1.807, 2.05) is 0 Å². The first-order chi connectivity index (χ1) is 12.2. The van der Waals surface area contributed by atoms with Crippen molar-refractivity contribution in [1.29, 1.82) is 0 Å². The first kappa shape index (κ1) is 18.6. The van der Waals surface area contributed by atoms with E-state index in [1.165, 1.54) is 23.1 Å². The van der Waals surface area contributed by atoms with Gasteiger partial charge in [0.25, 0.3) is 0 Å². The van der Waals surface area contributed by atoms with Crippen LogP contribution in [0.4, 0.5) is 27.6 Å². The third-order valence-corrected chi connectivity index (χ3v) is 4.39. The number of benzene rings is 2. The fourth-order valence-corrected chi connectivity index (χ4v) is 3.01. The average molecular weight is 389 g/mol. The smallest absolute Gasteiger partial charge is 0.360 e. The quantitative estimate of drug-likeness (QED) is 0.616. The van der Waals surface area contributed by atoms with Crippen LogP contribution >= 0.6 is 11.9 Å². The van der Waals surface area contributed by atoms with Crippen molar-refractivity contribution in [3.63, 3.8) is 0 Å². The lowest BCUT2D eigenvalue weighted by molar-refractivity contribution is -0.137. The van der Waals surface area contributed by atoms with E-state index in [2.05, 4.69) is 9.71 Å². The largest absolute Gasteiger partial charge is 0.416 e. The number of aliphatic imine (C=N–C) groups is 1. The van der Waals surface area contributed by atoms with E-state index >= 15 is 0 Å². The van der Waals surface area contributed by atoms with Gasteiger partial charge in [-0.05, 0) is 53.9 Å². The third-order valence-electron chi connectivity index (χ3n) is 3.55. The van der Waals surface area contributed by atoms with E-state index in [4.69, 9.17) is 0 Å². The molecule has 1 saturated heterocycles. The zero-order valence-corrected chi connectivity index (χ0v) is 13.8. The summed E-state index contributed by atoms with van der Waals surface area (Å²) in [5.74, 6) is -2.00. The van der Waals surface area contributed by atoms with Crippen molar-refractivity contribution in [2.45, 2.75) is 19.1 Å². The fourth-order valence-electron chi connectivity index (χ4n) is 2.24. The van der Waals surface area contributed by atoms with Crippen LogP contribution in [0.5, 0.6) is 0 Å². The van der Waals surface area contributed by atoms with E-state index in [0.717, 1.165) is 36.2 Å². The molecule has 2 N–H and O–H groups in total. The van der Waals surface area contributed by atoms with E-state index in [9.17, 15) is 27.1 Å². The number of amidine groups is 1. The van der Waals surface area contributed by atoms with E-state index < -0.39 is 29.7 Å². The van der Waals surface area contributed by atoms with Crippen LogP contribution in [0, 0.1) is 11.6 Å². The topological polar surface area (TPSA) is 47.9 Å². The highest BCUT2D eigenvalue weighted by molar-refractivity contribution is 8.12. The molecular formula is C16H12F5N3OS. The molecule has 3 rings (SSSR count). The van der Waals surface area contributed by atoms with Crippen LogP contribution in [0.1, 0.15) is 11.1 Å². The van der Waals surface area contributed by atoms with Crippen molar-refractivity contribution in [3.8, 4) is 0 Å². The Balaban J connectivity index is 1.81. The van der Waals surface area contributed by atoms with Gasteiger partial charge in [-0.2, -0.15) is 13.2 Å². The molecule has 1 aliphatic heterocycles.